The molecule has 1 N–H and O–H groups in total. The summed E-state index contributed by atoms with van der Waals surface area (Å²) in [6, 6.07) is 11.4. The van der Waals surface area contributed by atoms with E-state index in [1.54, 1.807) is 24.9 Å². The SMILES string of the molecule is CC(C)(NC(=O)c1cccc(F)c1)C(=O)N1CCOC[C@H](Cc2cccn3nccc23)C1. The molecule has 3 heterocycles. The molecule has 0 radical (unpaired) electrons. The van der Waals surface area contributed by atoms with E-state index < -0.39 is 17.3 Å². The van der Waals surface area contributed by atoms with Crippen molar-refractivity contribution in [3.8, 4) is 0 Å². The number of aromatic nitrogens is 2. The van der Waals surface area contributed by atoms with Crippen LogP contribution in [0.15, 0.2) is 54.9 Å². The Hall–Kier alpha value is -3.26. The molecular formula is C24H27FN4O3. The van der Waals surface area contributed by atoms with Crippen LogP contribution in [0, 0.1) is 11.7 Å². The van der Waals surface area contributed by atoms with Gasteiger partial charge >= 0.3 is 0 Å². The topological polar surface area (TPSA) is 75.9 Å². The van der Waals surface area contributed by atoms with Gasteiger partial charge in [-0.05, 0) is 56.2 Å². The number of carbonyl (C=O) groups excluding carboxylic acids is 2. The third kappa shape index (κ3) is 4.80. The Kier molecular flexibility index (Phi) is 6.23. The number of halogens is 1. The van der Waals surface area contributed by atoms with Crippen molar-refractivity contribution in [2.45, 2.75) is 25.8 Å². The van der Waals surface area contributed by atoms with Crippen LogP contribution in [-0.4, -0.2) is 58.2 Å². The van der Waals surface area contributed by atoms with E-state index in [0.717, 1.165) is 23.6 Å². The molecule has 0 bridgehead atoms. The Morgan fingerprint density at radius 3 is 2.91 bits per heavy atom. The number of hydrogen-bond acceptors (Lipinski definition) is 4. The minimum Gasteiger partial charge on any atom is -0.379 e. The second kappa shape index (κ2) is 9.08. The van der Waals surface area contributed by atoms with Gasteiger partial charge in [0.15, 0.2) is 0 Å². The fourth-order valence-corrected chi connectivity index (χ4v) is 4.12. The van der Waals surface area contributed by atoms with Gasteiger partial charge < -0.3 is 15.0 Å². The summed E-state index contributed by atoms with van der Waals surface area (Å²) in [6.45, 7) is 5.29. The summed E-state index contributed by atoms with van der Waals surface area (Å²) in [5.41, 5.74) is 1.21. The van der Waals surface area contributed by atoms with Gasteiger partial charge in [0.25, 0.3) is 5.91 Å². The average molecular weight is 439 g/mol. The maximum Gasteiger partial charge on any atom is 0.252 e. The molecule has 0 aliphatic carbocycles. The average Bonchev–Trinajstić information content (AvgIpc) is 3.13. The lowest BCUT2D eigenvalue weighted by atomic mass is 9.97. The lowest BCUT2D eigenvalue weighted by Crippen LogP contribution is -2.57. The number of pyridine rings is 1. The molecule has 1 fully saturated rings. The molecule has 1 saturated heterocycles. The second-order valence-corrected chi connectivity index (χ2v) is 8.68. The van der Waals surface area contributed by atoms with Gasteiger partial charge in [-0.2, -0.15) is 5.10 Å². The number of amides is 2. The number of carbonyl (C=O) groups is 2. The van der Waals surface area contributed by atoms with E-state index >= 15 is 0 Å². The minimum absolute atomic E-state index is 0.109. The highest BCUT2D eigenvalue weighted by molar-refractivity contribution is 5.98. The molecule has 2 aromatic heterocycles. The molecule has 0 saturated carbocycles. The van der Waals surface area contributed by atoms with Crippen molar-refractivity contribution in [3.05, 3.63) is 71.8 Å². The van der Waals surface area contributed by atoms with Crippen molar-refractivity contribution >= 4 is 17.3 Å². The Labute approximate surface area is 186 Å². The summed E-state index contributed by atoms with van der Waals surface area (Å²) < 4.78 is 21.1. The van der Waals surface area contributed by atoms with Crippen LogP contribution in [0.5, 0.6) is 0 Å². The second-order valence-electron chi connectivity index (χ2n) is 8.68. The van der Waals surface area contributed by atoms with Crippen molar-refractivity contribution in [2.24, 2.45) is 5.92 Å². The number of nitrogens with one attached hydrogen (secondary N) is 1. The van der Waals surface area contributed by atoms with Crippen LogP contribution in [0.25, 0.3) is 5.52 Å². The van der Waals surface area contributed by atoms with Crippen LogP contribution in [0.2, 0.25) is 0 Å². The zero-order valence-electron chi connectivity index (χ0n) is 18.3. The van der Waals surface area contributed by atoms with E-state index in [2.05, 4.69) is 16.5 Å². The van der Waals surface area contributed by atoms with Gasteiger partial charge in [0.05, 0.1) is 18.7 Å². The van der Waals surface area contributed by atoms with Crippen LogP contribution in [-0.2, 0) is 16.0 Å². The summed E-state index contributed by atoms with van der Waals surface area (Å²) in [5.74, 6) is -1.07. The zero-order valence-corrected chi connectivity index (χ0v) is 18.3. The number of ether oxygens (including phenoxy) is 1. The molecule has 3 aromatic rings. The van der Waals surface area contributed by atoms with Crippen molar-refractivity contribution < 1.29 is 18.7 Å². The summed E-state index contributed by atoms with van der Waals surface area (Å²) >= 11 is 0. The molecule has 1 aliphatic heterocycles. The van der Waals surface area contributed by atoms with E-state index in [4.69, 9.17) is 4.74 Å². The molecule has 1 aliphatic rings. The normalized spacial score (nSPS) is 17.2. The van der Waals surface area contributed by atoms with Crippen molar-refractivity contribution in [1.29, 1.82) is 0 Å². The Morgan fingerprint density at radius 2 is 2.09 bits per heavy atom. The van der Waals surface area contributed by atoms with Crippen molar-refractivity contribution in [1.82, 2.24) is 19.8 Å². The summed E-state index contributed by atoms with van der Waals surface area (Å²) in [6.07, 6.45) is 4.42. The molecule has 4 rings (SSSR count). The molecule has 168 valence electrons. The molecule has 32 heavy (non-hydrogen) atoms. The van der Waals surface area contributed by atoms with Gasteiger partial charge in [0.1, 0.15) is 11.4 Å². The quantitative estimate of drug-likeness (QED) is 0.665. The number of rotatable bonds is 5. The molecule has 0 spiro atoms. The fourth-order valence-electron chi connectivity index (χ4n) is 4.12. The van der Waals surface area contributed by atoms with Gasteiger partial charge in [-0.1, -0.05) is 12.1 Å². The van der Waals surface area contributed by atoms with Crippen LogP contribution >= 0.6 is 0 Å². The van der Waals surface area contributed by atoms with E-state index in [1.165, 1.54) is 18.2 Å². The smallest absolute Gasteiger partial charge is 0.252 e. The number of fused-ring (bicyclic) bond motifs is 1. The minimum atomic E-state index is -1.15. The van der Waals surface area contributed by atoms with Gasteiger partial charge in [-0.25, -0.2) is 8.91 Å². The monoisotopic (exact) mass is 438 g/mol. The van der Waals surface area contributed by atoms with Crippen LogP contribution in [0.4, 0.5) is 4.39 Å². The van der Waals surface area contributed by atoms with Crippen LogP contribution in [0.1, 0.15) is 29.8 Å². The maximum absolute atomic E-state index is 13.5. The van der Waals surface area contributed by atoms with Gasteiger partial charge in [0.2, 0.25) is 5.91 Å². The summed E-state index contributed by atoms with van der Waals surface area (Å²) in [7, 11) is 0. The maximum atomic E-state index is 13.5. The number of hydrogen-bond donors (Lipinski definition) is 1. The molecule has 2 amide bonds. The molecule has 7 nitrogen and oxygen atoms in total. The highest BCUT2D eigenvalue weighted by atomic mass is 19.1. The summed E-state index contributed by atoms with van der Waals surface area (Å²) in [4.78, 5) is 27.7. The Balaban J connectivity index is 1.46. The first kappa shape index (κ1) is 22.0. The first-order valence-electron chi connectivity index (χ1n) is 10.7. The predicted molar refractivity (Wildman–Crippen MR) is 118 cm³/mol. The number of benzene rings is 1. The highest BCUT2D eigenvalue weighted by Gasteiger charge is 2.35. The third-order valence-electron chi connectivity index (χ3n) is 5.70. The van der Waals surface area contributed by atoms with Crippen LogP contribution < -0.4 is 5.32 Å². The third-order valence-corrected chi connectivity index (χ3v) is 5.70. The molecule has 1 atom stereocenters. The first-order chi connectivity index (χ1) is 15.3. The van der Waals surface area contributed by atoms with Crippen LogP contribution in [0.3, 0.4) is 0 Å². The fraction of sp³-hybridized carbons (Fsp3) is 0.375. The van der Waals surface area contributed by atoms with Crippen molar-refractivity contribution in [3.63, 3.8) is 0 Å². The van der Waals surface area contributed by atoms with E-state index in [9.17, 15) is 14.0 Å². The molecule has 1 aromatic carbocycles. The Bertz CT molecular complexity index is 1130. The van der Waals surface area contributed by atoms with Crippen molar-refractivity contribution in [2.75, 3.05) is 26.3 Å². The lowest BCUT2D eigenvalue weighted by Gasteiger charge is -2.33. The van der Waals surface area contributed by atoms with Gasteiger partial charge in [-0.3, -0.25) is 9.59 Å². The predicted octanol–water partition coefficient (Wildman–Crippen LogP) is 2.70. The largest absolute Gasteiger partial charge is 0.379 e. The zero-order chi connectivity index (χ0) is 22.7. The van der Waals surface area contributed by atoms with E-state index in [-0.39, 0.29) is 17.4 Å². The van der Waals surface area contributed by atoms with Gasteiger partial charge in [0, 0.05) is 37.0 Å². The van der Waals surface area contributed by atoms with Gasteiger partial charge in [-0.15, -0.1) is 0 Å². The first-order valence-corrected chi connectivity index (χ1v) is 10.7. The molecule has 0 unspecified atom stereocenters. The molecule has 8 heteroatoms. The standard InChI is InChI=1S/C24H27FN4O3/c1-24(2,27-22(30)19-5-3-7-20(25)14-19)23(31)28-11-12-32-16-17(15-28)13-18-6-4-10-29-21(18)8-9-26-29/h3-10,14,17H,11-13,15-16H2,1-2H3,(H,27,30)/t17-/m1/s1. The van der Waals surface area contributed by atoms with E-state index in [1.807, 2.05) is 22.8 Å². The molecular weight excluding hydrogens is 411 g/mol. The lowest BCUT2D eigenvalue weighted by molar-refractivity contribution is -0.137. The summed E-state index contributed by atoms with van der Waals surface area (Å²) in [5, 5.41) is 7.03. The number of nitrogens with zero attached hydrogens (tertiary/aromatic N) is 3. The van der Waals surface area contributed by atoms with E-state index in [0.29, 0.717) is 26.3 Å². The highest BCUT2D eigenvalue weighted by Crippen LogP contribution is 2.20. The Morgan fingerprint density at radius 1 is 1.25 bits per heavy atom.